The van der Waals surface area contributed by atoms with E-state index in [1.165, 1.54) is 53.5 Å². The van der Waals surface area contributed by atoms with Crippen LogP contribution in [0.15, 0.2) is 24.3 Å². The maximum atomic E-state index is 11.6. The molecule has 0 heterocycles. The van der Waals surface area contributed by atoms with E-state index in [1.54, 1.807) is 0 Å². The Balaban J connectivity index is 2.78. The van der Waals surface area contributed by atoms with Gasteiger partial charge in [0.05, 0.1) is 0 Å². The summed E-state index contributed by atoms with van der Waals surface area (Å²) in [6.07, 6.45) is 7.98. The normalized spacial score (nSPS) is 13.4. The Kier molecular flexibility index (Phi) is 9.25. The van der Waals surface area contributed by atoms with Crippen molar-refractivity contribution in [3.63, 3.8) is 0 Å². The average molecular weight is 451 g/mol. The molecular formula is C32H50O. The summed E-state index contributed by atoms with van der Waals surface area (Å²) in [5.41, 5.74) is 9.26. The van der Waals surface area contributed by atoms with Crippen molar-refractivity contribution < 1.29 is 5.11 Å². The second-order valence-corrected chi connectivity index (χ2v) is 12.1. The molecule has 2 aromatic rings. The van der Waals surface area contributed by atoms with Gasteiger partial charge < -0.3 is 5.11 Å². The van der Waals surface area contributed by atoms with Gasteiger partial charge in [-0.05, 0) is 83.2 Å². The van der Waals surface area contributed by atoms with Crippen molar-refractivity contribution in [3.8, 4) is 5.75 Å². The van der Waals surface area contributed by atoms with Crippen molar-refractivity contribution in [3.05, 3.63) is 63.2 Å². The predicted molar refractivity (Wildman–Crippen MR) is 146 cm³/mol. The van der Waals surface area contributed by atoms with Crippen molar-refractivity contribution in [1.29, 1.82) is 0 Å². The highest BCUT2D eigenvalue weighted by atomic mass is 16.3. The summed E-state index contributed by atoms with van der Waals surface area (Å²) >= 11 is 0. The standard InChI is InChI=1S/C32H50O/c1-11-14-16-23-18-26(22(4)28(20-23)31(5,6)7)25(13-3)27-19-24(17-15-12-2)21-29(30(27)33)32(8,9)10/h18-21,25,33H,11-17H2,1-10H3. The number of benzene rings is 2. The van der Waals surface area contributed by atoms with Gasteiger partial charge in [-0.15, -0.1) is 0 Å². The minimum Gasteiger partial charge on any atom is -0.507 e. The van der Waals surface area contributed by atoms with Crippen molar-refractivity contribution in [2.75, 3.05) is 0 Å². The maximum absolute atomic E-state index is 11.6. The molecule has 0 saturated heterocycles. The van der Waals surface area contributed by atoms with Crippen LogP contribution < -0.4 is 0 Å². The number of aromatic hydroxyl groups is 1. The van der Waals surface area contributed by atoms with Gasteiger partial charge in [0.15, 0.2) is 0 Å². The van der Waals surface area contributed by atoms with Crippen LogP contribution in [-0.4, -0.2) is 5.11 Å². The van der Waals surface area contributed by atoms with E-state index < -0.39 is 0 Å². The van der Waals surface area contributed by atoms with Crippen molar-refractivity contribution in [2.45, 2.75) is 131 Å². The zero-order chi connectivity index (χ0) is 25.0. The van der Waals surface area contributed by atoms with Gasteiger partial charge in [-0.1, -0.05) is 99.4 Å². The number of aryl methyl sites for hydroxylation is 2. The summed E-state index contributed by atoms with van der Waals surface area (Å²) in [6.45, 7) is 22.7. The summed E-state index contributed by atoms with van der Waals surface area (Å²) in [6, 6.07) is 9.46. The Hall–Kier alpha value is -1.76. The molecule has 1 heteroatoms. The molecule has 1 nitrogen and oxygen atoms in total. The fraction of sp³-hybridized carbons (Fsp3) is 0.625. The van der Waals surface area contributed by atoms with E-state index in [4.69, 9.17) is 0 Å². The molecule has 0 amide bonds. The van der Waals surface area contributed by atoms with Crippen LogP contribution in [0.5, 0.6) is 5.75 Å². The molecule has 0 spiro atoms. The minimum absolute atomic E-state index is 0.0893. The van der Waals surface area contributed by atoms with E-state index in [1.807, 2.05) is 0 Å². The number of phenolic OH excluding ortho intramolecular Hbond substituents is 1. The van der Waals surface area contributed by atoms with Crippen molar-refractivity contribution in [2.24, 2.45) is 0 Å². The highest BCUT2D eigenvalue weighted by Crippen LogP contribution is 2.43. The fourth-order valence-electron chi connectivity index (χ4n) is 5.15. The van der Waals surface area contributed by atoms with Crippen LogP contribution in [0.3, 0.4) is 0 Å². The lowest BCUT2D eigenvalue weighted by Gasteiger charge is -2.30. The molecule has 33 heavy (non-hydrogen) atoms. The second kappa shape index (κ2) is 11.1. The van der Waals surface area contributed by atoms with Crippen LogP contribution >= 0.6 is 0 Å². The first-order valence-corrected chi connectivity index (χ1v) is 13.3. The summed E-state index contributed by atoms with van der Waals surface area (Å²) < 4.78 is 0. The Morgan fingerprint density at radius 1 is 0.697 bits per heavy atom. The summed E-state index contributed by atoms with van der Waals surface area (Å²) in [4.78, 5) is 0. The minimum atomic E-state index is -0.0893. The summed E-state index contributed by atoms with van der Waals surface area (Å²) in [5, 5.41) is 11.6. The fourth-order valence-corrected chi connectivity index (χ4v) is 5.15. The Morgan fingerprint density at radius 3 is 1.58 bits per heavy atom. The largest absolute Gasteiger partial charge is 0.507 e. The van der Waals surface area contributed by atoms with Gasteiger partial charge in [0, 0.05) is 11.5 Å². The van der Waals surface area contributed by atoms with Crippen LogP contribution in [0.1, 0.15) is 139 Å². The molecule has 184 valence electrons. The zero-order valence-corrected chi connectivity index (χ0v) is 23.3. The third-order valence-corrected chi connectivity index (χ3v) is 7.12. The lowest BCUT2D eigenvalue weighted by molar-refractivity contribution is 0.436. The smallest absolute Gasteiger partial charge is 0.123 e. The van der Waals surface area contributed by atoms with E-state index in [0.717, 1.165) is 30.4 Å². The van der Waals surface area contributed by atoms with Crippen LogP contribution in [0.25, 0.3) is 0 Å². The summed E-state index contributed by atoms with van der Waals surface area (Å²) in [7, 11) is 0. The van der Waals surface area contributed by atoms with Gasteiger partial charge >= 0.3 is 0 Å². The van der Waals surface area contributed by atoms with Gasteiger partial charge in [-0.2, -0.15) is 0 Å². The molecule has 0 bridgehead atoms. The predicted octanol–water partition coefficient (Wildman–Crippen LogP) is 9.52. The molecule has 0 aliphatic heterocycles. The monoisotopic (exact) mass is 450 g/mol. The Labute approximate surface area is 205 Å². The molecule has 0 aliphatic rings. The maximum Gasteiger partial charge on any atom is 0.123 e. The molecule has 0 fully saturated rings. The second-order valence-electron chi connectivity index (χ2n) is 12.1. The third kappa shape index (κ3) is 6.65. The van der Waals surface area contributed by atoms with E-state index >= 15 is 0 Å². The van der Waals surface area contributed by atoms with Crippen LogP contribution in [0.4, 0.5) is 0 Å². The number of hydrogen-bond donors (Lipinski definition) is 1. The van der Waals surface area contributed by atoms with Gasteiger partial charge in [0.25, 0.3) is 0 Å². The first-order valence-electron chi connectivity index (χ1n) is 13.3. The van der Waals surface area contributed by atoms with E-state index in [9.17, 15) is 5.11 Å². The number of phenols is 1. The van der Waals surface area contributed by atoms with E-state index in [0.29, 0.717) is 5.75 Å². The number of hydrogen-bond acceptors (Lipinski definition) is 1. The Morgan fingerprint density at radius 2 is 1.15 bits per heavy atom. The van der Waals surface area contributed by atoms with Crippen LogP contribution in [0, 0.1) is 6.92 Å². The molecule has 0 aromatic heterocycles. The highest BCUT2D eigenvalue weighted by molar-refractivity contribution is 5.54. The lowest BCUT2D eigenvalue weighted by Crippen LogP contribution is -2.17. The first kappa shape index (κ1) is 27.5. The third-order valence-electron chi connectivity index (χ3n) is 7.12. The van der Waals surface area contributed by atoms with Crippen LogP contribution in [0.2, 0.25) is 0 Å². The zero-order valence-electron chi connectivity index (χ0n) is 23.3. The van der Waals surface area contributed by atoms with Gasteiger partial charge in [-0.25, -0.2) is 0 Å². The topological polar surface area (TPSA) is 20.2 Å². The molecule has 0 radical (unpaired) electrons. The molecule has 0 saturated carbocycles. The van der Waals surface area contributed by atoms with Crippen LogP contribution in [-0.2, 0) is 23.7 Å². The Bertz CT molecular complexity index is 845. The van der Waals surface area contributed by atoms with Crippen molar-refractivity contribution in [1.82, 2.24) is 0 Å². The van der Waals surface area contributed by atoms with E-state index in [-0.39, 0.29) is 16.7 Å². The molecule has 1 atom stereocenters. The number of unbranched alkanes of at least 4 members (excludes halogenated alkanes) is 2. The molecular weight excluding hydrogens is 400 g/mol. The van der Waals surface area contributed by atoms with E-state index in [2.05, 4.69) is 93.5 Å². The molecule has 0 aliphatic carbocycles. The molecule has 1 unspecified atom stereocenters. The molecule has 1 N–H and O–H groups in total. The quantitative estimate of drug-likeness (QED) is 0.403. The first-order chi connectivity index (χ1) is 15.3. The van der Waals surface area contributed by atoms with Gasteiger partial charge in [0.2, 0.25) is 0 Å². The highest BCUT2D eigenvalue weighted by Gasteiger charge is 2.28. The SMILES string of the molecule is CCCCc1cc(C(CC)c2cc(CCCC)cc(C(C)(C)C)c2O)c(C)c(C(C)(C)C)c1. The van der Waals surface area contributed by atoms with Gasteiger partial charge in [-0.3, -0.25) is 0 Å². The lowest BCUT2D eigenvalue weighted by atomic mass is 9.75. The number of rotatable bonds is 9. The summed E-state index contributed by atoms with van der Waals surface area (Å²) in [5.74, 6) is 0.709. The molecule has 2 aromatic carbocycles. The van der Waals surface area contributed by atoms with Gasteiger partial charge in [0.1, 0.15) is 5.75 Å². The molecule has 2 rings (SSSR count). The van der Waals surface area contributed by atoms with Crippen molar-refractivity contribution >= 4 is 0 Å². The average Bonchev–Trinajstić information content (AvgIpc) is 2.72.